The van der Waals surface area contributed by atoms with Crippen molar-refractivity contribution < 1.29 is 19.1 Å². The molecule has 6 heteroatoms. The van der Waals surface area contributed by atoms with Gasteiger partial charge in [0.15, 0.2) is 13.2 Å². The van der Waals surface area contributed by atoms with Gasteiger partial charge < -0.3 is 9.47 Å². The summed E-state index contributed by atoms with van der Waals surface area (Å²) in [5, 5.41) is 0. The Balaban J connectivity index is 1.63. The second-order valence-electron chi connectivity index (χ2n) is 4.80. The zero-order valence-electron chi connectivity index (χ0n) is 12.7. The Morgan fingerprint density at radius 1 is 0.783 bits per heavy atom. The number of hydrazine groups is 1. The fraction of sp³-hybridized carbons (Fsp3) is 0.176. The van der Waals surface area contributed by atoms with Crippen LogP contribution in [0.2, 0.25) is 0 Å². The molecule has 6 nitrogen and oxygen atoms in total. The van der Waals surface area contributed by atoms with E-state index in [1.807, 2.05) is 25.1 Å². The van der Waals surface area contributed by atoms with Crippen LogP contribution in [-0.2, 0) is 9.59 Å². The van der Waals surface area contributed by atoms with Crippen LogP contribution < -0.4 is 20.3 Å². The predicted molar refractivity (Wildman–Crippen MR) is 84.9 cm³/mol. The third-order valence-electron chi connectivity index (χ3n) is 2.85. The molecule has 0 saturated heterocycles. The maximum absolute atomic E-state index is 11.6. The number of benzene rings is 2. The minimum atomic E-state index is -0.461. The summed E-state index contributed by atoms with van der Waals surface area (Å²) in [5.41, 5.74) is 5.62. The molecule has 0 aliphatic rings. The zero-order chi connectivity index (χ0) is 16.5. The lowest BCUT2D eigenvalue weighted by Gasteiger charge is -2.09. The van der Waals surface area contributed by atoms with Crippen LogP contribution in [0.4, 0.5) is 0 Å². The molecule has 0 bridgehead atoms. The SMILES string of the molecule is Cc1ccc(OCC(=O)NNC(=O)COc2ccccc2)cc1. The van der Waals surface area contributed by atoms with E-state index in [0.717, 1.165) is 5.56 Å². The van der Waals surface area contributed by atoms with Gasteiger partial charge in [0.25, 0.3) is 11.8 Å². The Morgan fingerprint density at radius 2 is 1.26 bits per heavy atom. The van der Waals surface area contributed by atoms with Crippen molar-refractivity contribution in [3.05, 3.63) is 60.2 Å². The second-order valence-corrected chi connectivity index (χ2v) is 4.80. The van der Waals surface area contributed by atoms with Gasteiger partial charge in [0.1, 0.15) is 11.5 Å². The van der Waals surface area contributed by atoms with Crippen molar-refractivity contribution in [2.75, 3.05) is 13.2 Å². The van der Waals surface area contributed by atoms with E-state index in [0.29, 0.717) is 11.5 Å². The first-order valence-electron chi connectivity index (χ1n) is 7.08. The Labute approximate surface area is 134 Å². The van der Waals surface area contributed by atoms with Crippen molar-refractivity contribution in [1.82, 2.24) is 10.9 Å². The van der Waals surface area contributed by atoms with Crippen molar-refractivity contribution in [1.29, 1.82) is 0 Å². The van der Waals surface area contributed by atoms with E-state index in [-0.39, 0.29) is 13.2 Å². The fourth-order valence-corrected chi connectivity index (χ4v) is 1.66. The third-order valence-corrected chi connectivity index (χ3v) is 2.85. The van der Waals surface area contributed by atoms with Gasteiger partial charge in [-0.1, -0.05) is 35.9 Å². The average Bonchev–Trinajstić information content (AvgIpc) is 2.58. The summed E-state index contributed by atoms with van der Waals surface area (Å²) in [4.78, 5) is 23.1. The number of hydrogen-bond donors (Lipinski definition) is 2. The molecule has 2 rings (SSSR count). The molecule has 0 spiro atoms. The van der Waals surface area contributed by atoms with Crippen molar-refractivity contribution >= 4 is 11.8 Å². The van der Waals surface area contributed by atoms with Crippen LogP contribution in [0.25, 0.3) is 0 Å². The van der Waals surface area contributed by atoms with E-state index in [9.17, 15) is 9.59 Å². The summed E-state index contributed by atoms with van der Waals surface area (Å²) in [6.45, 7) is 1.58. The van der Waals surface area contributed by atoms with Gasteiger partial charge in [0.2, 0.25) is 0 Å². The van der Waals surface area contributed by atoms with E-state index >= 15 is 0 Å². The maximum Gasteiger partial charge on any atom is 0.276 e. The number of carbonyl (C=O) groups is 2. The Morgan fingerprint density at radius 3 is 1.78 bits per heavy atom. The first-order chi connectivity index (χ1) is 11.1. The quantitative estimate of drug-likeness (QED) is 0.794. The first kappa shape index (κ1) is 16.4. The molecule has 120 valence electrons. The molecule has 0 radical (unpaired) electrons. The van der Waals surface area contributed by atoms with Gasteiger partial charge in [-0.05, 0) is 31.2 Å². The molecule has 0 fully saturated rings. The number of rotatable bonds is 6. The number of ether oxygens (including phenoxy) is 2. The van der Waals surface area contributed by atoms with Crippen LogP contribution in [0.3, 0.4) is 0 Å². The largest absolute Gasteiger partial charge is 0.484 e. The summed E-state index contributed by atoms with van der Waals surface area (Å²) in [6, 6.07) is 16.2. The van der Waals surface area contributed by atoms with Crippen LogP contribution in [0.5, 0.6) is 11.5 Å². The molecule has 23 heavy (non-hydrogen) atoms. The molecule has 0 unspecified atom stereocenters. The van der Waals surface area contributed by atoms with Crippen molar-refractivity contribution in [3.63, 3.8) is 0 Å². The van der Waals surface area contributed by atoms with Gasteiger partial charge in [-0.3, -0.25) is 20.4 Å². The molecular formula is C17H18N2O4. The van der Waals surface area contributed by atoms with Crippen LogP contribution in [0.1, 0.15) is 5.56 Å². The van der Waals surface area contributed by atoms with Crippen LogP contribution in [-0.4, -0.2) is 25.0 Å². The van der Waals surface area contributed by atoms with Gasteiger partial charge in [-0.25, -0.2) is 0 Å². The third kappa shape index (κ3) is 6.09. The molecular weight excluding hydrogens is 296 g/mol. The summed E-state index contributed by atoms with van der Waals surface area (Å²) < 4.78 is 10.5. The summed E-state index contributed by atoms with van der Waals surface area (Å²) in [6.07, 6.45) is 0. The van der Waals surface area contributed by atoms with Crippen LogP contribution in [0, 0.1) is 6.92 Å². The number of nitrogens with one attached hydrogen (secondary N) is 2. The standard InChI is InChI=1S/C17H18N2O4/c1-13-7-9-15(10-8-13)23-12-17(21)19-18-16(20)11-22-14-5-3-2-4-6-14/h2-10H,11-12H2,1H3,(H,18,20)(H,19,21). The van der Waals surface area contributed by atoms with E-state index in [2.05, 4.69) is 10.9 Å². The Kier molecular flexibility index (Phi) is 5.99. The monoisotopic (exact) mass is 314 g/mol. The number of hydrogen-bond acceptors (Lipinski definition) is 4. The highest BCUT2D eigenvalue weighted by atomic mass is 16.5. The molecule has 0 atom stereocenters. The van der Waals surface area contributed by atoms with Crippen molar-refractivity contribution in [2.45, 2.75) is 6.92 Å². The van der Waals surface area contributed by atoms with Gasteiger partial charge in [-0.2, -0.15) is 0 Å². The van der Waals surface area contributed by atoms with E-state index in [1.165, 1.54) is 0 Å². The van der Waals surface area contributed by atoms with E-state index < -0.39 is 11.8 Å². The predicted octanol–water partition coefficient (Wildman–Crippen LogP) is 1.60. The lowest BCUT2D eigenvalue weighted by molar-refractivity contribution is -0.131. The maximum atomic E-state index is 11.6. The van der Waals surface area contributed by atoms with Crippen LogP contribution in [0.15, 0.2) is 54.6 Å². The average molecular weight is 314 g/mol. The molecule has 0 heterocycles. The number of para-hydroxylation sites is 1. The molecule has 0 aromatic heterocycles. The van der Waals surface area contributed by atoms with Gasteiger partial charge in [-0.15, -0.1) is 0 Å². The molecule has 2 N–H and O–H groups in total. The number of aryl methyl sites for hydroxylation is 1. The van der Waals surface area contributed by atoms with E-state index in [1.54, 1.807) is 36.4 Å². The highest BCUT2D eigenvalue weighted by molar-refractivity contribution is 5.83. The molecule has 2 aromatic carbocycles. The van der Waals surface area contributed by atoms with Gasteiger partial charge in [0, 0.05) is 0 Å². The molecule has 0 aliphatic carbocycles. The van der Waals surface area contributed by atoms with Crippen molar-refractivity contribution in [2.24, 2.45) is 0 Å². The lowest BCUT2D eigenvalue weighted by Crippen LogP contribution is -2.45. The zero-order valence-corrected chi connectivity index (χ0v) is 12.7. The topological polar surface area (TPSA) is 76.7 Å². The molecule has 2 amide bonds. The number of carbonyl (C=O) groups excluding carboxylic acids is 2. The summed E-state index contributed by atoms with van der Waals surface area (Å²) >= 11 is 0. The lowest BCUT2D eigenvalue weighted by atomic mass is 10.2. The molecule has 2 aromatic rings. The number of amides is 2. The highest BCUT2D eigenvalue weighted by Gasteiger charge is 2.06. The fourth-order valence-electron chi connectivity index (χ4n) is 1.66. The van der Waals surface area contributed by atoms with Gasteiger partial charge >= 0.3 is 0 Å². The normalized spacial score (nSPS) is 9.78. The highest BCUT2D eigenvalue weighted by Crippen LogP contribution is 2.10. The Hall–Kier alpha value is -3.02. The second kappa shape index (κ2) is 8.43. The molecule has 0 saturated carbocycles. The minimum Gasteiger partial charge on any atom is -0.484 e. The smallest absolute Gasteiger partial charge is 0.276 e. The Bertz CT molecular complexity index is 641. The van der Waals surface area contributed by atoms with Crippen LogP contribution >= 0.6 is 0 Å². The minimum absolute atomic E-state index is 0.191. The van der Waals surface area contributed by atoms with Crippen molar-refractivity contribution in [3.8, 4) is 11.5 Å². The molecule has 0 aliphatic heterocycles. The first-order valence-corrected chi connectivity index (χ1v) is 7.08. The summed E-state index contributed by atoms with van der Waals surface area (Å²) in [7, 11) is 0. The van der Waals surface area contributed by atoms with E-state index in [4.69, 9.17) is 9.47 Å². The van der Waals surface area contributed by atoms with Gasteiger partial charge in [0.05, 0.1) is 0 Å². The summed E-state index contributed by atoms with van der Waals surface area (Å²) in [5.74, 6) is 0.248.